The van der Waals surface area contributed by atoms with Crippen molar-refractivity contribution in [1.82, 2.24) is 10.3 Å². The molecule has 0 aliphatic heterocycles. The zero-order chi connectivity index (χ0) is 13.7. The first-order valence-electron chi connectivity index (χ1n) is 6.79. The van der Waals surface area contributed by atoms with E-state index >= 15 is 0 Å². The fraction of sp³-hybridized carbons (Fsp3) is 0.375. The minimum atomic E-state index is 0.176. The van der Waals surface area contributed by atoms with E-state index < -0.39 is 0 Å². The summed E-state index contributed by atoms with van der Waals surface area (Å²) in [5, 5.41) is 4.34. The van der Waals surface area contributed by atoms with E-state index in [1.807, 2.05) is 30.3 Å². The van der Waals surface area contributed by atoms with Gasteiger partial charge >= 0.3 is 0 Å². The van der Waals surface area contributed by atoms with Crippen LogP contribution in [0.2, 0.25) is 0 Å². The molecule has 0 amide bonds. The Morgan fingerprint density at radius 3 is 2.84 bits per heavy atom. The number of pyridine rings is 1. The van der Waals surface area contributed by atoms with E-state index in [0.717, 1.165) is 29.4 Å². The van der Waals surface area contributed by atoms with Gasteiger partial charge in [0.15, 0.2) is 5.78 Å². The Morgan fingerprint density at radius 2 is 2.05 bits per heavy atom. The standard InChI is InChI=1S/C16H20N2O/c1-12(2)17-10-5-9-15(19)14-8-3-6-13-7-4-11-18-16(13)14/h3-4,6-8,11-12,17H,5,9-10H2,1-2H3. The third-order valence-electron chi connectivity index (χ3n) is 3.07. The van der Waals surface area contributed by atoms with Crippen molar-refractivity contribution in [2.75, 3.05) is 6.54 Å². The number of nitrogens with zero attached hydrogens (tertiary/aromatic N) is 1. The molecule has 1 heterocycles. The maximum Gasteiger partial charge on any atom is 0.165 e. The lowest BCUT2D eigenvalue weighted by Crippen LogP contribution is -2.24. The van der Waals surface area contributed by atoms with Crippen LogP contribution in [0.3, 0.4) is 0 Å². The lowest BCUT2D eigenvalue weighted by Gasteiger charge is -2.08. The molecule has 1 aromatic heterocycles. The van der Waals surface area contributed by atoms with Gasteiger partial charge in [0.05, 0.1) is 5.52 Å². The maximum absolute atomic E-state index is 12.2. The van der Waals surface area contributed by atoms with Gasteiger partial charge in [-0.25, -0.2) is 0 Å². The minimum Gasteiger partial charge on any atom is -0.315 e. The summed E-state index contributed by atoms with van der Waals surface area (Å²) in [6.07, 6.45) is 3.16. The molecule has 3 heteroatoms. The highest BCUT2D eigenvalue weighted by atomic mass is 16.1. The first-order valence-corrected chi connectivity index (χ1v) is 6.79. The third-order valence-corrected chi connectivity index (χ3v) is 3.07. The molecule has 0 saturated heterocycles. The second-order valence-corrected chi connectivity index (χ2v) is 5.02. The number of para-hydroxylation sites is 1. The van der Waals surface area contributed by atoms with Gasteiger partial charge in [-0.1, -0.05) is 32.0 Å². The molecule has 100 valence electrons. The summed E-state index contributed by atoms with van der Waals surface area (Å²) in [6.45, 7) is 5.09. The molecule has 0 spiro atoms. The van der Waals surface area contributed by atoms with Crippen LogP contribution in [0.4, 0.5) is 0 Å². The number of hydrogen-bond donors (Lipinski definition) is 1. The second-order valence-electron chi connectivity index (χ2n) is 5.02. The van der Waals surface area contributed by atoms with Crippen LogP contribution in [-0.2, 0) is 0 Å². The zero-order valence-corrected chi connectivity index (χ0v) is 11.5. The number of Topliss-reactive ketones (excluding diaryl/α,β-unsaturated/α-hetero) is 1. The number of aromatic nitrogens is 1. The molecule has 2 rings (SSSR count). The topological polar surface area (TPSA) is 42.0 Å². The minimum absolute atomic E-state index is 0.176. The van der Waals surface area contributed by atoms with Gasteiger partial charge in [-0.05, 0) is 25.1 Å². The molecule has 0 unspecified atom stereocenters. The van der Waals surface area contributed by atoms with Crippen molar-refractivity contribution < 1.29 is 4.79 Å². The van der Waals surface area contributed by atoms with E-state index in [9.17, 15) is 4.79 Å². The highest BCUT2D eigenvalue weighted by molar-refractivity contribution is 6.06. The van der Waals surface area contributed by atoms with Crippen LogP contribution in [0, 0.1) is 0 Å². The Balaban J connectivity index is 2.05. The van der Waals surface area contributed by atoms with Gasteiger partial charge in [0, 0.05) is 29.6 Å². The number of rotatable bonds is 6. The van der Waals surface area contributed by atoms with Crippen molar-refractivity contribution in [2.24, 2.45) is 0 Å². The van der Waals surface area contributed by atoms with E-state index in [1.165, 1.54) is 0 Å². The van der Waals surface area contributed by atoms with Crippen molar-refractivity contribution in [3.05, 3.63) is 42.1 Å². The number of carbonyl (C=O) groups is 1. The van der Waals surface area contributed by atoms with E-state index in [1.54, 1.807) is 6.20 Å². The van der Waals surface area contributed by atoms with Crippen molar-refractivity contribution in [3.8, 4) is 0 Å². The molecule has 19 heavy (non-hydrogen) atoms. The molecule has 2 aromatic rings. The second kappa shape index (κ2) is 6.43. The molecule has 0 saturated carbocycles. The number of nitrogens with one attached hydrogen (secondary N) is 1. The van der Waals surface area contributed by atoms with Gasteiger partial charge in [-0.3, -0.25) is 9.78 Å². The zero-order valence-electron chi connectivity index (χ0n) is 11.5. The van der Waals surface area contributed by atoms with Crippen LogP contribution in [0.25, 0.3) is 10.9 Å². The van der Waals surface area contributed by atoms with Crippen LogP contribution >= 0.6 is 0 Å². The summed E-state index contributed by atoms with van der Waals surface area (Å²) >= 11 is 0. The molecular weight excluding hydrogens is 236 g/mol. The van der Waals surface area contributed by atoms with E-state index in [-0.39, 0.29) is 5.78 Å². The highest BCUT2D eigenvalue weighted by Gasteiger charge is 2.10. The molecule has 0 bridgehead atoms. The molecule has 1 N–H and O–H groups in total. The van der Waals surface area contributed by atoms with Crippen LogP contribution < -0.4 is 5.32 Å². The number of ketones is 1. The number of hydrogen-bond acceptors (Lipinski definition) is 3. The predicted octanol–water partition coefficient (Wildman–Crippen LogP) is 3.20. The largest absolute Gasteiger partial charge is 0.315 e. The predicted molar refractivity (Wildman–Crippen MR) is 78.4 cm³/mol. The summed E-state index contributed by atoms with van der Waals surface area (Å²) < 4.78 is 0. The number of carbonyl (C=O) groups excluding carboxylic acids is 1. The normalized spacial score (nSPS) is 11.1. The van der Waals surface area contributed by atoms with Gasteiger partial charge in [-0.15, -0.1) is 0 Å². The first-order chi connectivity index (χ1) is 9.18. The summed E-state index contributed by atoms with van der Waals surface area (Å²) in [5.74, 6) is 0.176. The number of benzene rings is 1. The molecule has 0 aliphatic carbocycles. The van der Waals surface area contributed by atoms with Crippen molar-refractivity contribution in [2.45, 2.75) is 32.7 Å². The molecule has 0 atom stereocenters. The summed E-state index contributed by atoms with van der Waals surface area (Å²) in [5.41, 5.74) is 1.55. The van der Waals surface area contributed by atoms with Crippen LogP contribution in [0.1, 0.15) is 37.0 Å². The fourth-order valence-corrected chi connectivity index (χ4v) is 2.10. The average molecular weight is 256 g/mol. The summed E-state index contributed by atoms with van der Waals surface area (Å²) in [6, 6.07) is 10.1. The van der Waals surface area contributed by atoms with Crippen LogP contribution in [0.5, 0.6) is 0 Å². The summed E-state index contributed by atoms with van der Waals surface area (Å²) in [4.78, 5) is 16.6. The van der Waals surface area contributed by atoms with Crippen molar-refractivity contribution in [3.63, 3.8) is 0 Å². The van der Waals surface area contributed by atoms with Crippen molar-refractivity contribution in [1.29, 1.82) is 0 Å². The van der Waals surface area contributed by atoms with Crippen LogP contribution in [0.15, 0.2) is 36.5 Å². The molecule has 1 aromatic carbocycles. The average Bonchev–Trinajstić information content (AvgIpc) is 2.42. The Labute approximate surface area is 114 Å². The molecular formula is C16H20N2O. The number of fused-ring (bicyclic) bond motifs is 1. The van der Waals surface area contributed by atoms with E-state index in [2.05, 4.69) is 24.1 Å². The van der Waals surface area contributed by atoms with Crippen molar-refractivity contribution >= 4 is 16.7 Å². The highest BCUT2D eigenvalue weighted by Crippen LogP contribution is 2.17. The maximum atomic E-state index is 12.2. The Kier molecular flexibility index (Phi) is 4.63. The third kappa shape index (κ3) is 3.61. The van der Waals surface area contributed by atoms with Gasteiger partial charge in [-0.2, -0.15) is 0 Å². The molecule has 3 nitrogen and oxygen atoms in total. The molecule has 0 radical (unpaired) electrons. The lowest BCUT2D eigenvalue weighted by atomic mass is 10.0. The van der Waals surface area contributed by atoms with E-state index in [0.29, 0.717) is 12.5 Å². The van der Waals surface area contributed by atoms with Gasteiger partial charge in [0.25, 0.3) is 0 Å². The lowest BCUT2D eigenvalue weighted by molar-refractivity contribution is 0.0981. The van der Waals surface area contributed by atoms with Gasteiger partial charge in [0.2, 0.25) is 0 Å². The molecule has 0 fully saturated rings. The Morgan fingerprint density at radius 1 is 1.26 bits per heavy atom. The van der Waals surface area contributed by atoms with Gasteiger partial charge < -0.3 is 5.32 Å². The Hall–Kier alpha value is -1.74. The fourth-order valence-electron chi connectivity index (χ4n) is 2.10. The quantitative estimate of drug-likeness (QED) is 0.637. The van der Waals surface area contributed by atoms with Gasteiger partial charge in [0.1, 0.15) is 0 Å². The SMILES string of the molecule is CC(C)NCCCC(=O)c1cccc2cccnc12. The summed E-state index contributed by atoms with van der Waals surface area (Å²) in [7, 11) is 0. The first kappa shape index (κ1) is 13.7. The van der Waals surface area contributed by atoms with Crippen LogP contribution in [-0.4, -0.2) is 23.4 Å². The van der Waals surface area contributed by atoms with E-state index in [4.69, 9.17) is 0 Å². The smallest absolute Gasteiger partial charge is 0.165 e. The monoisotopic (exact) mass is 256 g/mol. The molecule has 0 aliphatic rings. The Bertz CT molecular complexity index is 558.